The van der Waals surface area contributed by atoms with Crippen molar-refractivity contribution in [3.05, 3.63) is 83.2 Å². The molecule has 0 aliphatic heterocycles. The minimum absolute atomic E-state index is 0.0172. The van der Waals surface area contributed by atoms with Crippen molar-refractivity contribution in [1.82, 2.24) is 0 Å². The molecule has 1 aliphatic carbocycles. The number of hydrogen-bond acceptors (Lipinski definition) is 4. The van der Waals surface area contributed by atoms with E-state index >= 15 is 4.39 Å². The van der Waals surface area contributed by atoms with E-state index in [1.54, 1.807) is 26.4 Å². The van der Waals surface area contributed by atoms with Gasteiger partial charge in [-0.15, -0.1) is 0 Å². The first kappa shape index (κ1) is 28.6. The van der Waals surface area contributed by atoms with Gasteiger partial charge in [-0.2, -0.15) is 0 Å². The molecular weight excluding hydrogens is 495 g/mol. The first-order valence-corrected chi connectivity index (χ1v) is 13.5. The highest BCUT2D eigenvalue weighted by Crippen LogP contribution is 2.43. The normalized spacial score (nSPS) is 15.0. The molecule has 3 aromatic carbocycles. The molecule has 0 amide bonds. The quantitative estimate of drug-likeness (QED) is 0.254. The van der Waals surface area contributed by atoms with Crippen LogP contribution in [0, 0.1) is 17.2 Å². The number of rotatable bonds is 12. The van der Waals surface area contributed by atoms with Crippen LogP contribution in [-0.4, -0.2) is 25.3 Å². The Morgan fingerprint density at radius 2 is 1.77 bits per heavy atom. The number of benzene rings is 3. The topological polar surface area (TPSA) is 65.0 Å². The Morgan fingerprint density at radius 1 is 1.00 bits per heavy atom. The Morgan fingerprint density at radius 3 is 2.41 bits per heavy atom. The molecule has 1 aliphatic rings. The maximum atomic E-state index is 15.0. The fourth-order valence-corrected chi connectivity index (χ4v) is 5.28. The van der Waals surface area contributed by atoms with Crippen LogP contribution in [0.4, 0.5) is 4.39 Å². The second kappa shape index (κ2) is 12.2. The molecule has 4 rings (SSSR count). The summed E-state index contributed by atoms with van der Waals surface area (Å²) in [6, 6.07) is 18.4. The summed E-state index contributed by atoms with van der Waals surface area (Å²) in [4.78, 5) is 11.5. The molecule has 0 spiro atoms. The fraction of sp³-hybridized carbons (Fsp3) is 0.424. The summed E-state index contributed by atoms with van der Waals surface area (Å²) >= 11 is 0. The predicted octanol–water partition coefficient (Wildman–Crippen LogP) is 8.17. The number of aliphatic carboxylic acids is 1. The lowest BCUT2D eigenvalue weighted by Gasteiger charge is -2.32. The van der Waals surface area contributed by atoms with Crippen molar-refractivity contribution >= 4 is 5.97 Å². The Hall–Kier alpha value is -3.38. The summed E-state index contributed by atoms with van der Waals surface area (Å²) in [7, 11) is 3.24. The van der Waals surface area contributed by atoms with Crippen molar-refractivity contribution in [2.45, 2.75) is 65.1 Å². The van der Waals surface area contributed by atoms with Crippen molar-refractivity contribution in [2.24, 2.45) is 11.3 Å². The number of carbonyl (C=O) groups is 1. The third kappa shape index (κ3) is 7.39. The zero-order valence-electron chi connectivity index (χ0n) is 23.5. The van der Waals surface area contributed by atoms with Gasteiger partial charge in [0.05, 0.1) is 19.6 Å². The molecule has 6 heteroatoms. The molecule has 3 aromatic rings. The summed E-state index contributed by atoms with van der Waals surface area (Å²) in [5, 5.41) is 9.43. The van der Waals surface area contributed by atoms with Crippen LogP contribution in [0.15, 0.2) is 60.7 Å². The lowest BCUT2D eigenvalue weighted by molar-refractivity contribution is -0.137. The monoisotopic (exact) mass is 534 g/mol. The minimum Gasteiger partial charge on any atom is -0.497 e. The molecule has 208 valence electrons. The summed E-state index contributed by atoms with van der Waals surface area (Å²) in [6.07, 6.45) is 3.09. The minimum atomic E-state index is -0.779. The second-order valence-corrected chi connectivity index (χ2v) is 11.6. The highest BCUT2D eigenvalue weighted by Gasteiger charge is 2.30. The van der Waals surface area contributed by atoms with Crippen molar-refractivity contribution in [3.63, 3.8) is 0 Å². The zero-order valence-corrected chi connectivity index (χ0v) is 23.5. The van der Waals surface area contributed by atoms with E-state index in [1.165, 1.54) is 18.9 Å². The SMILES string of the molecule is COc1ccc(F)c(-c2ccc(COc3cccc([C@@H](CC(=O)O)CC4CC4)c3)cc2C(OC)C(C)(C)C)c1. The molecule has 0 radical (unpaired) electrons. The Labute approximate surface area is 230 Å². The number of methoxy groups -OCH3 is 2. The van der Waals surface area contributed by atoms with Gasteiger partial charge in [-0.1, -0.05) is 57.9 Å². The van der Waals surface area contributed by atoms with E-state index in [4.69, 9.17) is 14.2 Å². The van der Waals surface area contributed by atoms with Gasteiger partial charge in [0.1, 0.15) is 23.9 Å². The van der Waals surface area contributed by atoms with Crippen LogP contribution in [0.25, 0.3) is 11.1 Å². The molecule has 1 fully saturated rings. The van der Waals surface area contributed by atoms with E-state index in [0.717, 1.165) is 28.7 Å². The molecule has 0 aromatic heterocycles. The van der Waals surface area contributed by atoms with Crippen LogP contribution in [0.1, 0.15) is 75.2 Å². The predicted molar refractivity (Wildman–Crippen MR) is 151 cm³/mol. The molecule has 1 N–H and O–H groups in total. The Kier molecular flexibility index (Phi) is 8.96. The van der Waals surface area contributed by atoms with Crippen LogP contribution in [0.5, 0.6) is 11.5 Å². The molecular formula is C33H39FO5. The molecule has 0 bridgehead atoms. The molecule has 1 unspecified atom stereocenters. The van der Waals surface area contributed by atoms with Gasteiger partial charge in [0, 0.05) is 12.7 Å². The average Bonchev–Trinajstić information content (AvgIpc) is 3.71. The Bertz CT molecular complexity index is 1290. The van der Waals surface area contributed by atoms with E-state index in [9.17, 15) is 9.90 Å². The first-order chi connectivity index (χ1) is 18.6. The Balaban J connectivity index is 1.62. The zero-order chi connectivity index (χ0) is 28.2. The van der Waals surface area contributed by atoms with Crippen molar-refractivity contribution in [3.8, 4) is 22.6 Å². The van der Waals surface area contributed by atoms with Gasteiger partial charge in [0.2, 0.25) is 0 Å². The van der Waals surface area contributed by atoms with E-state index in [2.05, 4.69) is 20.8 Å². The maximum absolute atomic E-state index is 15.0. The number of ether oxygens (including phenoxy) is 3. The van der Waals surface area contributed by atoms with Crippen LogP contribution in [0.3, 0.4) is 0 Å². The molecule has 0 heterocycles. The first-order valence-electron chi connectivity index (χ1n) is 13.5. The largest absolute Gasteiger partial charge is 0.497 e. The average molecular weight is 535 g/mol. The lowest BCUT2D eigenvalue weighted by Crippen LogP contribution is -2.21. The smallest absolute Gasteiger partial charge is 0.303 e. The van der Waals surface area contributed by atoms with Crippen molar-refractivity contribution < 1.29 is 28.5 Å². The summed E-state index contributed by atoms with van der Waals surface area (Å²) in [5.74, 6) is 0.778. The number of carboxylic acids is 1. The summed E-state index contributed by atoms with van der Waals surface area (Å²) < 4.78 is 32.5. The van der Waals surface area contributed by atoms with Crippen LogP contribution in [0.2, 0.25) is 0 Å². The van der Waals surface area contributed by atoms with Crippen LogP contribution in [-0.2, 0) is 16.1 Å². The summed E-state index contributed by atoms with van der Waals surface area (Å²) in [6.45, 7) is 6.59. The van der Waals surface area contributed by atoms with E-state index < -0.39 is 5.97 Å². The number of hydrogen-bond donors (Lipinski definition) is 1. The van der Waals surface area contributed by atoms with Crippen LogP contribution >= 0.6 is 0 Å². The van der Waals surface area contributed by atoms with Crippen molar-refractivity contribution in [1.29, 1.82) is 0 Å². The van der Waals surface area contributed by atoms with Crippen molar-refractivity contribution in [2.75, 3.05) is 14.2 Å². The maximum Gasteiger partial charge on any atom is 0.303 e. The highest BCUT2D eigenvalue weighted by atomic mass is 19.1. The molecule has 0 saturated heterocycles. The molecule has 2 atom stereocenters. The molecule has 5 nitrogen and oxygen atoms in total. The molecule has 1 saturated carbocycles. The van der Waals surface area contributed by atoms with Crippen LogP contribution < -0.4 is 9.47 Å². The van der Waals surface area contributed by atoms with E-state index in [1.807, 2.05) is 42.5 Å². The third-order valence-corrected chi connectivity index (χ3v) is 7.36. The standard InChI is InChI=1S/C33H39FO5/c1-33(2,3)32(38-5)29-16-22(11-13-27(29)28-19-25(37-4)12-14-30(28)34)20-39-26-8-6-7-23(17-26)24(18-31(35)36)15-21-9-10-21/h6-8,11-14,16-17,19,21,24,32H,9-10,15,18,20H2,1-5H3,(H,35,36)/t24-,32?/m1/s1. The van der Waals surface area contributed by atoms with Gasteiger partial charge < -0.3 is 19.3 Å². The molecule has 39 heavy (non-hydrogen) atoms. The second-order valence-electron chi connectivity index (χ2n) is 11.6. The van der Waals surface area contributed by atoms with Gasteiger partial charge in [0.15, 0.2) is 0 Å². The van der Waals surface area contributed by atoms with E-state index in [0.29, 0.717) is 29.6 Å². The van der Waals surface area contributed by atoms with Gasteiger partial charge in [-0.05, 0) is 82.3 Å². The lowest BCUT2D eigenvalue weighted by atomic mass is 9.81. The third-order valence-electron chi connectivity index (χ3n) is 7.36. The van der Waals surface area contributed by atoms with Gasteiger partial charge in [0.25, 0.3) is 0 Å². The number of halogens is 1. The number of carboxylic acid groups (broad SMARTS) is 1. The fourth-order valence-electron chi connectivity index (χ4n) is 5.28. The van der Waals surface area contributed by atoms with Gasteiger partial charge in [-0.3, -0.25) is 4.79 Å². The van der Waals surface area contributed by atoms with Gasteiger partial charge in [-0.25, -0.2) is 4.39 Å². The van der Waals surface area contributed by atoms with E-state index in [-0.39, 0.29) is 29.7 Å². The highest BCUT2D eigenvalue weighted by molar-refractivity contribution is 5.71. The van der Waals surface area contributed by atoms with Gasteiger partial charge >= 0.3 is 5.97 Å². The summed E-state index contributed by atoms with van der Waals surface area (Å²) in [5.41, 5.74) is 3.75.